The van der Waals surface area contributed by atoms with Crippen LogP contribution in [0, 0.1) is 5.92 Å². The summed E-state index contributed by atoms with van der Waals surface area (Å²) in [7, 11) is 0. The van der Waals surface area contributed by atoms with E-state index in [0.717, 1.165) is 51.4 Å². The van der Waals surface area contributed by atoms with Crippen molar-refractivity contribution in [3.63, 3.8) is 0 Å². The first kappa shape index (κ1) is 20.6. The second-order valence-corrected chi connectivity index (χ2v) is 8.57. The van der Waals surface area contributed by atoms with Gasteiger partial charge in [0.1, 0.15) is 6.26 Å². The molecule has 32 heavy (non-hydrogen) atoms. The molecular formula is C24H28N6O2. The Morgan fingerprint density at radius 1 is 1.12 bits per heavy atom. The molecule has 4 heterocycles. The fourth-order valence-electron chi connectivity index (χ4n) is 4.56. The Balaban J connectivity index is 1.12. The predicted octanol–water partition coefficient (Wildman–Crippen LogP) is 2.67. The van der Waals surface area contributed by atoms with Crippen molar-refractivity contribution in [1.29, 1.82) is 0 Å². The first-order valence-electron chi connectivity index (χ1n) is 11.3. The van der Waals surface area contributed by atoms with Crippen LogP contribution >= 0.6 is 0 Å². The maximum Gasteiger partial charge on any atom is 0.273 e. The third-order valence-electron chi connectivity index (χ3n) is 6.26. The van der Waals surface area contributed by atoms with Gasteiger partial charge in [-0.1, -0.05) is 24.3 Å². The Labute approximate surface area is 187 Å². The summed E-state index contributed by atoms with van der Waals surface area (Å²) in [5.41, 5.74) is 3.11. The fraction of sp³-hybridized carbons (Fsp3) is 0.417. The van der Waals surface area contributed by atoms with Gasteiger partial charge in [-0.05, 0) is 42.4 Å². The van der Waals surface area contributed by atoms with Gasteiger partial charge in [0.25, 0.3) is 5.91 Å². The van der Waals surface area contributed by atoms with Gasteiger partial charge in [0.2, 0.25) is 11.8 Å². The molecule has 1 fully saturated rings. The Morgan fingerprint density at radius 3 is 2.84 bits per heavy atom. The van der Waals surface area contributed by atoms with Crippen LogP contribution in [0.25, 0.3) is 0 Å². The first-order valence-corrected chi connectivity index (χ1v) is 11.3. The van der Waals surface area contributed by atoms with Gasteiger partial charge in [-0.25, -0.2) is 15.0 Å². The van der Waals surface area contributed by atoms with E-state index < -0.39 is 0 Å². The number of rotatable bonds is 6. The molecule has 2 aromatic heterocycles. The lowest BCUT2D eigenvalue weighted by Crippen LogP contribution is -2.41. The van der Waals surface area contributed by atoms with E-state index in [4.69, 9.17) is 4.42 Å². The smallest absolute Gasteiger partial charge is 0.273 e. The Bertz CT molecular complexity index is 1050. The van der Waals surface area contributed by atoms with Crippen LogP contribution in [0.4, 0.5) is 5.95 Å². The molecule has 8 heteroatoms. The normalized spacial score (nSPS) is 18.9. The number of piperidine rings is 1. The molecule has 1 aromatic carbocycles. The number of oxazole rings is 1. The van der Waals surface area contributed by atoms with Crippen molar-refractivity contribution >= 4 is 11.9 Å². The van der Waals surface area contributed by atoms with Crippen molar-refractivity contribution in [2.24, 2.45) is 5.92 Å². The molecule has 1 N–H and O–H groups in total. The topological polar surface area (TPSA) is 87.4 Å². The highest BCUT2D eigenvalue weighted by molar-refractivity contribution is 5.91. The second-order valence-electron chi connectivity index (χ2n) is 8.57. The SMILES string of the molecule is O=C(NC[C@@H]1CCCN(c2ncccn2)C1)c1coc(CN2CCc3ccccc3C2)n1. The van der Waals surface area contributed by atoms with Crippen LogP contribution in [0.3, 0.4) is 0 Å². The summed E-state index contributed by atoms with van der Waals surface area (Å²) in [5.74, 6) is 1.51. The zero-order chi connectivity index (χ0) is 21.8. The van der Waals surface area contributed by atoms with E-state index in [9.17, 15) is 4.79 Å². The molecule has 0 bridgehead atoms. The van der Waals surface area contributed by atoms with E-state index in [-0.39, 0.29) is 5.91 Å². The van der Waals surface area contributed by atoms with Crippen LogP contribution < -0.4 is 10.2 Å². The van der Waals surface area contributed by atoms with Crippen molar-refractivity contribution in [3.8, 4) is 0 Å². The molecule has 0 spiro atoms. The zero-order valence-corrected chi connectivity index (χ0v) is 18.1. The van der Waals surface area contributed by atoms with Crippen LogP contribution in [0.1, 0.15) is 40.3 Å². The predicted molar refractivity (Wildman–Crippen MR) is 120 cm³/mol. The summed E-state index contributed by atoms with van der Waals surface area (Å²) in [6, 6.07) is 10.4. The van der Waals surface area contributed by atoms with E-state index in [1.807, 2.05) is 6.07 Å². The van der Waals surface area contributed by atoms with Gasteiger partial charge in [-0.3, -0.25) is 9.69 Å². The maximum absolute atomic E-state index is 12.6. The minimum atomic E-state index is -0.183. The van der Waals surface area contributed by atoms with Crippen LogP contribution in [-0.4, -0.2) is 51.9 Å². The summed E-state index contributed by atoms with van der Waals surface area (Å²) < 4.78 is 5.60. The minimum absolute atomic E-state index is 0.183. The number of nitrogens with one attached hydrogen (secondary N) is 1. The molecule has 2 aliphatic heterocycles. The molecule has 0 radical (unpaired) electrons. The standard InChI is InChI=1S/C24H28N6O2/c31-23(27-13-18-5-3-11-30(14-18)24-25-9-4-10-26-24)21-17-32-22(28-21)16-29-12-8-19-6-1-2-7-20(19)15-29/h1-2,4,6-7,9-10,17-18H,3,5,8,11-16H2,(H,27,31)/t18-/m0/s1. The van der Waals surface area contributed by atoms with E-state index in [1.165, 1.54) is 17.4 Å². The summed E-state index contributed by atoms with van der Waals surface area (Å²) in [6.45, 7) is 4.84. The molecule has 1 saturated heterocycles. The number of fused-ring (bicyclic) bond motifs is 1. The van der Waals surface area contributed by atoms with Gasteiger partial charge >= 0.3 is 0 Å². The molecule has 3 aromatic rings. The van der Waals surface area contributed by atoms with Gasteiger partial charge in [-0.2, -0.15) is 0 Å². The van der Waals surface area contributed by atoms with E-state index in [2.05, 4.69) is 54.3 Å². The number of aromatic nitrogens is 3. The highest BCUT2D eigenvalue weighted by Crippen LogP contribution is 2.21. The molecule has 0 aliphatic carbocycles. The Morgan fingerprint density at radius 2 is 1.97 bits per heavy atom. The van der Waals surface area contributed by atoms with Crippen LogP contribution in [0.5, 0.6) is 0 Å². The van der Waals surface area contributed by atoms with Gasteiger partial charge in [-0.15, -0.1) is 0 Å². The molecule has 166 valence electrons. The van der Waals surface area contributed by atoms with Crippen LogP contribution in [0.2, 0.25) is 0 Å². The minimum Gasteiger partial charge on any atom is -0.447 e. The van der Waals surface area contributed by atoms with Gasteiger partial charge < -0.3 is 14.6 Å². The van der Waals surface area contributed by atoms with Crippen molar-refractivity contribution < 1.29 is 9.21 Å². The molecule has 5 rings (SSSR count). The average molecular weight is 433 g/mol. The number of anilines is 1. The maximum atomic E-state index is 12.6. The van der Waals surface area contributed by atoms with Gasteiger partial charge in [0.05, 0.1) is 6.54 Å². The molecule has 2 aliphatic rings. The van der Waals surface area contributed by atoms with Crippen molar-refractivity contribution in [1.82, 2.24) is 25.2 Å². The molecule has 1 amide bonds. The lowest BCUT2D eigenvalue weighted by atomic mass is 9.98. The Kier molecular flexibility index (Phi) is 6.11. The van der Waals surface area contributed by atoms with E-state index >= 15 is 0 Å². The van der Waals surface area contributed by atoms with Gasteiger partial charge in [0.15, 0.2) is 5.69 Å². The number of carbonyl (C=O) groups is 1. The third-order valence-corrected chi connectivity index (χ3v) is 6.26. The molecule has 1 atom stereocenters. The van der Waals surface area contributed by atoms with Gasteiger partial charge in [0, 0.05) is 45.1 Å². The third kappa shape index (κ3) is 4.80. The second kappa shape index (κ2) is 9.48. The number of amides is 1. The van der Waals surface area contributed by atoms with Crippen molar-refractivity contribution in [3.05, 3.63) is 71.7 Å². The highest BCUT2D eigenvalue weighted by atomic mass is 16.3. The fourth-order valence-corrected chi connectivity index (χ4v) is 4.56. The summed E-state index contributed by atoms with van der Waals surface area (Å²) in [4.78, 5) is 30.2. The number of hydrogen-bond donors (Lipinski definition) is 1. The number of hydrogen-bond acceptors (Lipinski definition) is 7. The lowest BCUT2D eigenvalue weighted by molar-refractivity contribution is 0.0940. The summed E-state index contributed by atoms with van der Waals surface area (Å²) in [6.07, 6.45) is 8.15. The Hall–Kier alpha value is -3.26. The number of carbonyl (C=O) groups excluding carboxylic acids is 1. The lowest BCUT2D eigenvalue weighted by Gasteiger charge is -2.32. The zero-order valence-electron chi connectivity index (χ0n) is 18.1. The van der Waals surface area contributed by atoms with Crippen molar-refractivity contribution in [2.45, 2.75) is 32.4 Å². The molecular weight excluding hydrogens is 404 g/mol. The quantitative estimate of drug-likeness (QED) is 0.641. The molecule has 8 nitrogen and oxygen atoms in total. The van der Waals surface area contributed by atoms with Crippen LogP contribution in [-0.2, 0) is 19.5 Å². The van der Waals surface area contributed by atoms with E-state index in [0.29, 0.717) is 30.6 Å². The summed E-state index contributed by atoms with van der Waals surface area (Å²) in [5, 5.41) is 3.03. The monoisotopic (exact) mass is 432 g/mol. The first-order chi connectivity index (χ1) is 15.7. The van der Waals surface area contributed by atoms with Crippen LogP contribution in [0.15, 0.2) is 53.4 Å². The number of benzene rings is 1. The summed E-state index contributed by atoms with van der Waals surface area (Å²) >= 11 is 0. The van der Waals surface area contributed by atoms with E-state index in [1.54, 1.807) is 12.4 Å². The highest BCUT2D eigenvalue weighted by Gasteiger charge is 2.23. The molecule has 0 saturated carbocycles. The molecule has 0 unspecified atom stereocenters. The number of nitrogens with zero attached hydrogens (tertiary/aromatic N) is 5. The average Bonchev–Trinajstić information content (AvgIpc) is 3.32. The largest absolute Gasteiger partial charge is 0.447 e. The van der Waals surface area contributed by atoms with Crippen molar-refractivity contribution in [2.75, 3.05) is 31.1 Å².